The van der Waals surface area contributed by atoms with Gasteiger partial charge in [0.25, 0.3) is 5.91 Å². The smallest absolute Gasteiger partial charge is 0.254 e. The Balaban J connectivity index is 1.57. The Bertz CT molecular complexity index is 1180. The van der Waals surface area contributed by atoms with Gasteiger partial charge >= 0.3 is 0 Å². The summed E-state index contributed by atoms with van der Waals surface area (Å²) in [4.78, 5) is 15.6. The highest BCUT2D eigenvalue weighted by molar-refractivity contribution is 5.98. The van der Waals surface area contributed by atoms with Crippen molar-refractivity contribution in [3.8, 4) is 28.3 Å². The predicted molar refractivity (Wildman–Crippen MR) is 122 cm³/mol. The zero-order valence-corrected chi connectivity index (χ0v) is 17.7. The van der Waals surface area contributed by atoms with Crippen molar-refractivity contribution < 1.29 is 9.18 Å². The SMILES string of the molecule is N#Cc1ccc(-c2cc(C(=O)N3[C@@H]4CC[C@H]3C[C@H](N)C4)ccc2-c2ccc(F)cc2)cc1. The van der Waals surface area contributed by atoms with Crippen LogP contribution in [0.1, 0.15) is 41.6 Å². The molecule has 32 heavy (non-hydrogen) atoms. The molecule has 2 heterocycles. The van der Waals surface area contributed by atoms with Gasteiger partial charge in [0.15, 0.2) is 0 Å². The number of nitrogens with two attached hydrogens (primary N) is 1. The largest absolute Gasteiger partial charge is 0.333 e. The van der Waals surface area contributed by atoms with Crippen LogP contribution in [-0.4, -0.2) is 28.9 Å². The van der Waals surface area contributed by atoms with Crippen LogP contribution in [0.2, 0.25) is 0 Å². The third-order valence-electron chi connectivity index (χ3n) is 6.75. The first-order valence-corrected chi connectivity index (χ1v) is 11.0. The quantitative estimate of drug-likeness (QED) is 0.633. The predicted octanol–water partition coefficient (Wildman–Crippen LogP) is 5.13. The topological polar surface area (TPSA) is 70.1 Å². The molecule has 2 N–H and O–H groups in total. The first kappa shape index (κ1) is 20.4. The molecule has 0 spiro atoms. The molecular formula is C27H24FN3O. The summed E-state index contributed by atoms with van der Waals surface area (Å²) in [6.07, 6.45) is 3.75. The van der Waals surface area contributed by atoms with Gasteiger partial charge in [-0.15, -0.1) is 0 Å². The van der Waals surface area contributed by atoms with Gasteiger partial charge in [-0.1, -0.05) is 30.3 Å². The molecular weight excluding hydrogens is 401 g/mol. The van der Waals surface area contributed by atoms with Crippen molar-refractivity contribution in [1.82, 2.24) is 4.90 Å². The van der Waals surface area contributed by atoms with Gasteiger partial charge in [-0.2, -0.15) is 5.26 Å². The average molecular weight is 426 g/mol. The fourth-order valence-electron chi connectivity index (χ4n) is 5.22. The monoisotopic (exact) mass is 425 g/mol. The van der Waals surface area contributed by atoms with Crippen LogP contribution in [-0.2, 0) is 0 Å². The number of nitrogens with zero attached hydrogens (tertiary/aromatic N) is 2. The number of carbonyl (C=O) groups excluding carboxylic acids is 1. The van der Waals surface area contributed by atoms with Gasteiger partial charge < -0.3 is 10.6 Å². The number of halogens is 1. The standard InChI is InChI=1S/C27H24FN3O/c28-21-8-5-18(6-9-21)25-12-7-20(13-26(25)19-3-1-17(16-29)2-4-19)27(32)31-23-10-11-24(31)15-22(30)14-23/h1-9,12-13,22-24H,10-11,14-15,30H2/t22-,23-,24+. The zero-order chi connectivity index (χ0) is 22.2. The minimum absolute atomic E-state index is 0.0463. The minimum atomic E-state index is -0.292. The Morgan fingerprint density at radius 1 is 0.906 bits per heavy atom. The molecule has 5 heteroatoms. The number of nitriles is 1. The third kappa shape index (κ3) is 3.68. The number of rotatable bonds is 3. The molecule has 0 unspecified atom stereocenters. The Labute approximate surface area is 187 Å². The second-order valence-electron chi connectivity index (χ2n) is 8.79. The van der Waals surface area contributed by atoms with E-state index in [0.29, 0.717) is 11.1 Å². The first-order valence-electron chi connectivity index (χ1n) is 11.0. The van der Waals surface area contributed by atoms with Crippen LogP contribution in [0.4, 0.5) is 4.39 Å². The molecule has 4 nitrogen and oxygen atoms in total. The maximum atomic E-state index is 13.5. The fraction of sp³-hybridized carbons (Fsp3) is 0.259. The second kappa shape index (κ2) is 8.22. The molecule has 2 saturated heterocycles. The van der Waals surface area contributed by atoms with Crippen LogP contribution in [0, 0.1) is 17.1 Å². The van der Waals surface area contributed by atoms with E-state index in [0.717, 1.165) is 47.9 Å². The Morgan fingerprint density at radius 3 is 2.12 bits per heavy atom. The van der Waals surface area contributed by atoms with Crippen molar-refractivity contribution in [2.75, 3.05) is 0 Å². The summed E-state index contributed by atoms with van der Waals surface area (Å²) in [6.45, 7) is 0. The maximum absolute atomic E-state index is 13.5. The Hall–Kier alpha value is -3.49. The van der Waals surface area contributed by atoms with Crippen molar-refractivity contribution in [3.05, 3.63) is 83.7 Å². The van der Waals surface area contributed by atoms with E-state index in [2.05, 4.69) is 6.07 Å². The number of amides is 1. The Kier molecular flexibility index (Phi) is 5.24. The average Bonchev–Trinajstić information content (AvgIpc) is 3.09. The summed E-state index contributed by atoms with van der Waals surface area (Å²) in [5, 5.41) is 9.15. The van der Waals surface area contributed by atoms with Crippen LogP contribution in [0.3, 0.4) is 0 Å². The van der Waals surface area contributed by atoms with E-state index in [4.69, 9.17) is 11.0 Å². The number of hydrogen-bond acceptors (Lipinski definition) is 3. The number of piperidine rings is 1. The molecule has 2 fully saturated rings. The molecule has 2 aliphatic rings. The number of carbonyl (C=O) groups is 1. The highest BCUT2D eigenvalue weighted by atomic mass is 19.1. The van der Waals surface area contributed by atoms with Crippen LogP contribution in [0.5, 0.6) is 0 Å². The molecule has 3 aromatic rings. The molecule has 3 aromatic carbocycles. The van der Waals surface area contributed by atoms with Crippen LogP contribution in [0.15, 0.2) is 66.7 Å². The number of benzene rings is 3. The maximum Gasteiger partial charge on any atom is 0.254 e. The summed E-state index contributed by atoms with van der Waals surface area (Å²) < 4.78 is 13.5. The molecule has 0 radical (unpaired) electrons. The van der Waals surface area contributed by atoms with E-state index in [1.165, 1.54) is 12.1 Å². The lowest BCUT2D eigenvalue weighted by Gasteiger charge is -2.38. The van der Waals surface area contributed by atoms with E-state index >= 15 is 0 Å². The molecule has 160 valence electrons. The lowest BCUT2D eigenvalue weighted by Crippen LogP contribution is -2.50. The van der Waals surface area contributed by atoms with E-state index in [9.17, 15) is 9.18 Å². The second-order valence-corrected chi connectivity index (χ2v) is 8.79. The van der Waals surface area contributed by atoms with Crippen molar-refractivity contribution in [2.24, 2.45) is 5.73 Å². The van der Waals surface area contributed by atoms with Crippen molar-refractivity contribution >= 4 is 5.91 Å². The van der Waals surface area contributed by atoms with Crippen molar-refractivity contribution in [2.45, 2.75) is 43.8 Å². The molecule has 1 amide bonds. The van der Waals surface area contributed by atoms with Crippen molar-refractivity contribution in [1.29, 1.82) is 5.26 Å². The summed E-state index contributed by atoms with van der Waals surface area (Å²) in [5.41, 5.74) is 11.0. The van der Waals surface area contributed by atoms with Crippen LogP contribution >= 0.6 is 0 Å². The van der Waals surface area contributed by atoms with Gasteiger partial charge in [0, 0.05) is 23.7 Å². The van der Waals surface area contributed by atoms with Gasteiger partial charge in [0.1, 0.15) is 5.82 Å². The normalized spacial score (nSPS) is 21.9. The molecule has 0 saturated carbocycles. The molecule has 3 atom stereocenters. The van der Waals surface area contributed by atoms with E-state index in [1.54, 1.807) is 24.3 Å². The first-order chi connectivity index (χ1) is 15.5. The fourth-order valence-corrected chi connectivity index (χ4v) is 5.22. The number of hydrogen-bond donors (Lipinski definition) is 1. The third-order valence-corrected chi connectivity index (χ3v) is 6.75. The van der Waals surface area contributed by atoms with Gasteiger partial charge in [-0.25, -0.2) is 4.39 Å². The highest BCUT2D eigenvalue weighted by Gasteiger charge is 2.42. The number of fused-ring (bicyclic) bond motifs is 2. The summed E-state index contributed by atoms with van der Waals surface area (Å²) in [7, 11) is 0. The van der Waals surface area contributed by atoms with Crippen molar-refractivity contribution in [3.63, 3.8) is 0 Å². The molecule has 2 bridgehead atoms. The van der Waals surface area contributed by atoms with Gasteiger partial charge in [0.05, 0.1) is 11.6 Å². The van der Waals surface area contributed by atoms with Crippen LogP contribution < -0.4 is 5.73 Å². The summed E-state index contributed by atoms with van der Waals surface area (Å²) in [6, 6.07) is 22.1. The lowest BCUT2D eigenvalue weighted by atomic mass is 9.91. The Morgan fingerprint density at radius 2 is 1.50 bits per heavy atom. The zero-order valence-electron chi connectivity index (χ0n) is 17.7. The molecule has 0 aliphatic carbocycles. The van der Waals surface area contributed by atoms with Gasteiger partial charge in [-0.05, 0) is 84.3 Å². The van der Waals surface area contributed by atoms with E-state index in [1.807, 2.05) is 35.2 Å². The molecule has 5 rings (SSSR count). The minimum Gasteiger partial charge on any atom is -0.333 e. The van der Waals surface area contributed by atoms with E-state index < -0.39 is 0 Å². The van der Waals surface area contributed by atoms with E-state index in [-0.39, 0.29) is 29.8 Å². The van der Waals surface area contributed by atoms with Crippen LogP contribution in [0.25, 0.3) is 22.3 Å². The highest BCUT2D eigenvalue weighted by Crippen LogP contribution is 2.38. The molecule has 2 aliphatic heterocycles. The molecule has 0 aromatic heterocycles. The summed E-state index contributed by atoms with van der Waals surface area (Å²) >= 11 is 0. The summed E-state index contributed by atoms with van der Waals surface area (Å²) in [5.74, 6) is -0.246. The van der Waals surface area contributed by atoms with Gasteiger partial charge in [0.2, 0.25) is 0 Å². The lowest BCUT2D eigenvalue weighted by molar-refractivity contribution is 0.0575. The van der Waals surface area contributed by atoms with Gasteiger partial charge in [-0.3, -0.25) is 4.79 Å².